The van der Waals surface area contributed by atoms with E-state index in [9.17, 15) is 9.18 Å². The minimum atomic E-state index is -0.323. The molecule has 1 unspecified atom stereocenters. The Morgan fingerprint density at radius 2 is 1.78 bits per heavy atom. The van der Waals surface area contributed by atoms with Gasteiger partial charge in [0.2, 0.25) is 0 Å². The summed E-state index contributed by atoms with van der Waals surface area (Å²) in [6, 6.07) is 12.8. The fraction of sp³-hybridized carbons (Fsp3) is 0.200. The third-order valence-electron chi connectivity index (χ3n) is 4.22. The zero-order chi connectivity index (χ0) is 19.4. The molecular weight excluding hydrogens is 349 g/mol. The Morgan fingerprint density at radius 3 is 2.44 bits per heavy atom. The Morgan fingerprint density at radius 1 is 1.07 bits per heavy atom. The number of methoxy groups -OCH3 is 2. The lowest BCUT2D eigenvalue weighted by molar-refractivity contribution is 0.0934. The minimum absolute atomic E-state index is 0.255. The highest BCUT2D eigenvalue weighted by Crippen LogP contribution is 2.30. The third kappa shape index (κ3) is 4.08. The van der Waals surface area contributed by atoms with E-state index in [1.807, 2.05) is 19.1 Å². The molecule has 3 rings (SSSR count). The van der Waals surface area contributed by atoms with Crippen LogP contribution in [0.3, 0.4) is 0 Å². The van der Waals surface area contributed by atoms with Crippen LogP contribution < -0.4 is 14.8 Å². The second kappa shape index (κ2) is 7.90. The molecule has 0 aliphatic carbocycles. The average molecular weight is 369 g/mol. The normalized spacial score (nSPS) is 11.7. The minimum Gasteiger partial charge on any atom is -0.493 e. The van der Waals surface area contributed by atoms with Gasteiger partial charge in [-0.1, -0.05) is 6.07 Å². The van der Waals surface area contributed by atoms with Crippen molar-refractivity contribution in [3.05, 3.63) is 65.6 Å². The standard InChI is InChI=1S/C20H20FN3O3/c1-12(14-6-9-18(26-2)19(10-14)27-3)22-20(25)17-11-16(23-24-17)13-4-7-15(21)8-5-13/h4-12H,1-3H3,(H,22,25)(H,23,24). The Bertz CT molecular complexity index is 938. The van der Waals surface area contributed by atoms with E-state index in [4.69, 9.17) is 9.47 Å². The first-order valence-electron chi connectivity index (χ1n) is 8.36. The van der Waals surface area contributed by atoms with E-state index in [2.05, 4.69) is 15.5 Å². The van der Waals surface area contributed by atoms with Gasteiger partial charge in [0.05, 0.1) is 26.0 Å². The predicted molar refractivity (Wildman–Crippen MR) is 99.4 cm³/mol. The summed E-state index contributed by atoms with van der Waals surface area (Å²) < 4.78 is 23.6. The summed E-state index contributed by atoms with van der Waals surface area (Å²) in [5.74, 6) is 0.600. The highest BCUT2D eigenvalue weighted by atomic mass is 19.1. The van der Waals surface area contributed by atoms with Gasteiger partial charge in [0, 0.05) is 5.56 Å². The Balaban J connectivity index is 1.73. The number of halogens is 1. The van der Waals surface area contributed by atoms with E-state index >= 15 is 0 Å². The lowest BCUT2D eigenvalue weighted by atomic mass is 10.1. The first-order valence-corrected chi connectivity index (χ1v) is 8.36. The quantitative estimate of drug-likeness (QED) is 0.694. The smallest absolute Gasteiger partial charge is 0.269 e. The van der Waals surface area contributed by atoms with Crippen LogP contribution in [0.1, 0.15) is 29.0 Å². The molecule has 1 heterocycles. The van der Waals surface area contributed by atoms with Crippen LogP contribution in [0.15, 0.2) is 48.5 Å². The summed E-state index contributed by atoms with van der Waals surface area (Å²) in [5, 5.41) is 9.75. The number of benzene rings is 2. The molecule has 7 heteroatoms. The maximum Gasteiger partial charge on any atom is 0.269 e. The van der Waals surface area contributed by atoms with E-state index in [0.717, 1.165) is 11.1 Å². The van der Waals surface area contributed by atoms with E-state index < -0.39 is 0 Å². The molecule has 3 aromatic rings. The van der Waals surface area contributed by atoms with Gasteiger partial charge in [0.15, 0.2) is 11.5 Å². The molecule has 140 valence electrons. The number of H-pyrrole nitrogens is 1. The van der Waals surface area contributed by atoms with Gasteiger partial charge in [-0.3, -0.25) is 9.89 Å². The molecule has 6 nitrogen and oxygen atoms in total. The largest absolute Gasteiger partial charge is 0.493 e. The van der Waals surface area contributed by atoms with Crippen molar-refractivity contribution in [3.63, 3.8) is 0 Å². The number of hydrogen-bond donors (Lipinski definition) is 2. The summed E-state index contributed by atoms with van der Waals surface area (Å²) in [4.78, 5) is 12.5. The SMILES string of the molecule is COc1ccc(C(C)NC(=O)c2cc(-c3ccc(F)cc3)n[nH]2)cc1OC. The van der Waals surface area contributed by atoms with Crippen LogP contribution in [0.4, 0.5) is 4.39 Å². The zero-order valence-corrected chi connectivity index (χ0v) is 15.2. The Labute approximate surface area is 156 Å². The van der Waals surface area contributed by atoms with Crippen molar-refractivity contribution in [2.75, 3.05) is 14.2 Å². The lowest BCUT2D eigenvalue weighted by Gasteiger charge is -2.16. The van der Waals surface area contributed by atoms with Gasteiger partial charge in [0.25, 0.3) is 5.91 Å². The van der Waals surface area contributed by atoms with Crippen LogP contribution >= 0.6 is 0 Å². The summed E-state index contributed by atoms with van der Waals surface area (Å²) in [7, 11) is 3.13. The maximum atomic E-state index is 13.0. The van der Waals surface area contributed by atoms with Crippen LogP contribution in [-0.2, 0) is 0 Å². The summed E-state index contributed by atoms with van der Waals surface area (Å²) in [6.45, 7) is 1.87. The van der Waals surface area contributed by atoms with Crippen LogP contribution in [0, 0.1) is 5.82 Å². The van der Waals surface area contributed by atoms with Crippen LogP contribution in [0.2, 0.25) is 0 Å². The lowest BCUT2D eigenvalue weighted by Crippen LogP contribution is -2.27. The fourth-order valence-electron chi connectivity index (χ4n) is 2.69. The number of nitrogens with one attached hydrogen (secondary N) is 2. The second-order valence-corrected chi connectivity index (χ2v) is 5.98. The van der Waals surface area contributed by atoms with E-state index in [0.29, 0.717) is 22.9 Å². The molecule has 0 spiro atoms. The van der Waals surface area contributed by atoms with Gasteiger partial charge in [-0.15, -0.1) is 0 Å². The molecule has 0 saturated carbocycles. The second-order valence-electron chi connectivity index (χ2n) is 5.98. The Hall–Kier alpha value is -3.35. The number of amides is 1. The first-order chi connectivity index (χ1) is 13.0. The monoisotopic (exact) mass is 369 g/mol. The number of carbonyl (C=O) groups is 1. The number of rotatable bonds is 6. The first kappa shape index (κ1) is 18.4. The third-order valence-corrected chi connectivity index (χ3v) is 4.22. The van der Waals surface area contributed by atoms with Gasteiger partial charge in [0.1, 0.15) is 11.5 Å². The number of hydrogen-bond acceptors (Lipinski definition) is 4. The van der Waals surface area contributed by atoms with Gasteiger partial charge < -0.3 is 14.8 Å². The van der Waals surface area contributed by atoms with Gasteiger partial charge in [-0.2, -0.15) is 5.10 Å². The van der Waals surface area contributed by atoms with Gasteiger partial charge in [-0.05, 0) is 55.0 Å². The van der Waals surface area contributed by atoms with E-state index in [1.54, 1.807) is 38.5 Å². The van der Waals surface area contributed by atoms with Gasteiger partial charge in [-0.25, -0.2) is 4.39 Å². The molecule has 0 bridgehead atoms. The van der Waals surface area contributed by atoms with Crippen LogP contribution in [0.25, 0.3) is 11.3 Å². The van der Waals surface area contributed by atoms with Crippen molar-refractivity contribution in [3.8, 4) is 22.8 Å². The topological polar surface area (TPSA) is 76.2 Å². The van der Waals surface area contributed by atoms with Crippen molar-refractivity contribution in [2.45, 2.75) is 13.0 Å². The number of aromatic amines is 1. The van der Waals surface area contributed by atoms with Crippen LogP contribution in [0.5, 0.6) is 11.5 Å². The molecule has 0 saturated heterocycles. The molecule has 1 atom stereocenters. The number of aromatic nitrogens is 2. The molecule has 27 heavy (non-hydrogen) atoms. The van der Waals surface area contributed by atoms with Crippen molar-refractivity contribution in [2.24, 2.45) is 0 Å². The zero-order valence-electron chi connectivity index (χ0n) is 15.2. The molecule has 1 aromatic heterocycles. The Kier molecular flexibility index (Phi) is 5.40. The average Bonchev–Trinajstić information content (AvgIpc) is 3.18. The summed E-state index contributed by atoms with van der Waals surface area (Å²) in [5.41, 5.74) is 2.49. The van der Waals surface area contributed by atoms with Crippen molar-refractivity contribution in [1.29, 1.82) is 0 Å². The number of carbonyl (C=O) groups excluding carboxylic acids is 1. The van der Waals surface area contributed by atoms with E-state index in [-0.39, 0.29) is 17.8 Å². The summed E-state index contributed by atoms with van der Waals surface area (Å²) in [6.07, 6.45) is 0. The molecular formula is C20H20FN3O3. The predicted octanol–water partition coefficient (Wildman–Crippen LogP) is 3.72. The molecule has 0 aliphatic rings. The van der Waals surface area contributed by atoms with Crippen LogP contribution in [-0.4, -0.2) is 30.3 Å². The molecule has 1 amide bonds. The van der Waals surface area contributed by atoms with Crippen molar-refractivity contribution >= 4 is 5.91 Å². The molecule has 0 fully saturated rings. The summed E-state index contributed by atoms with van der Waals surface area (Å²) >= 11 is 0. The molecule has 2 N–H and O–H groups in total. The highest BCUT2D eigenvalue weighted by Gasteiger charge is 2.16. The fourth-order valence-corrected chi connectivity index (χ4v) is 2.69. The van der Waals surface area contributed by atoms with Crippen molar-refractivity contribution < 1.29 is 18.7 Å². The van der Waals surface area contributed by atoms with Gasteiger partial charge >= 0.3 is 0 Å². The van der Waals surface area contributed by atoms with Crippen molar-refractivity contribution in [1.82, 2.24) is 15.5 Å². The molecule has 0 aliphatic heterocycles. The van der Waals surface area contributed by atoms with E-state index in [1.165, 1.54) is 12.1 Å². The number of nitrogens with zero attached hydrogens (tertiary/aromatic N) is 1. The molecule has 2 aromatic carbocycles. The molecule has 0 radical (unpaired) electrons. The maximum absolute atomic E-state index is 13.0. The highest BCUT2D eigenvalue weighted by molar-refractivity contribution is 5.93. The number of ether oxygens (including phenoxy) is 2.